The Morgan fingerprint density at radius 1 is 1.11 bits per heavy atom. The Morgan fingerprint density at radius 2 is 1.96 bits per heavy atom. The Bertz CT molecular complexity index is 1950. The molecular formula is C34H31F5N6O. The zero-order valence-corrected chi connectivity index (χ0v) is 24.9. The summed E-state index contributed by atoms with van der Waals surface area (Å²) in [4.78, 5) is 17.1. The predicted octanol–water partition coefficient (Wildman–Crippen LogP) is 6.27. The molecule has 4 fully saturated rings. The van der Waals surface area contributed by atoms with Crippen LogP contribution in [0.3, 0.4) is 0 Å². The summed E-state index contributed by atoms with van der Waals surface area (Å²) in [7, 11) is 0. The highest BCUT2D eigenvalue weighted by Crippen LogP contribution is 2.57. The molecule has 0 amide bonds. The Hall–Kier alpha value is -4.24. The number of hydrogen-bond acceptors (Lipinski definition) is 7. The molecule has 238 valence electrons. The molecule has 0 radical (unpaired) electrons. The van der Waals surface area contributed by atoms with Crippen LogP contribution in [0.2, 0.25) is 0 Å². The van der Waals surface area contributed by atoms with Crippen LogP contribution in [0, 0.1) is 29.9 Å². The largest absolute Gasteiger partial charge is 0.461 e. The predicted molar refractivity (Wildman–Crippen MR) is 165 cm³/mol. The first-order valence-electron chi connectivity index (χ1n) is 15.6. The molecule has 2 unspecified atom stereocenters. The van der Waals surface area contributed by atoms with Crippen LogP contribution >= 0.6 is 0 Å². The van der Waals surface area contributed by atoms with Crippen molar-refractivity contribution in [1.29, 1.82) is 0 Å². The Balaban J connectivity index is 1.30. The van der Waals surface area contributed by atoms with Gasteiger partial charge in [0.25, 0.3) is 5.92 Å². The second kappa shape index (κ2) is 10.4. The summed E-state index contributed by atoms with van der Waals surface area (Å²) in [5.41, 5.74) is 5.61. The third-order valence-corrected chi connectivity index (χ3v) is 10.3. The molecule has 0 bridgehead atoms. The first-order valence-corrected chi connectivity index (χ1v) is 15.6. The van der Waals surface area contributed by atoms with Gasteiger partial charge in [-0.2, -0.15) is 9.97 Å². The molecule has 46 heavy (non-hydrogen) atoms. The number of pyridine rings is 1. The van der Waals surface area contributed by atoms with Gasteiger partial charge in [0.2, 0.25) is 0 Å². The van der Waals surface area contributed by atoms with E-state index in [1.54, 1.807) is 6.07 Å². The minimum absolute atomic E-state index is 0.0733. The summed E-state index contributed by atoms with van der Waals surface area (Å²) in [6.45, 7) is 1.43. The SMILES string of the molecule is C#Cc1c(F)ccc2cc(N)cc(-c3ncc4c(N5CCCCC6C5C6(F)F)nc(OC[C@@]56CCCN5C[C@H](F)C6)nc4c3F)c12. The minimum atomic E-state index is -2.91. The molecule has 4 atom stereocenters. The van der Waals surface area contributed by atoms with Crippen molar-refractivity contribution in [3.63, 3.8) is 0 Å². The molecule has 1 aliphatic carbocycles. The van der Waals surface area contributed by atoms with Crippen molar-refractivity contribution in [2.45, 2.75) is 62.2 Å². The van der Waals surface area contributed by atoms with Crippen molar-refractivity contribution in [2.75, 3.05) is 36.9 Å². The lowest BCUT2D eigenvalue weighted by Crippen LogP contribution is -2.43. The van der Waals surface area contributed by atoms with Gasteiger partial charge in [-0.25, -0.2) is 22.0 Å². The smallest absolute Gasteiger partial charge is 0.319 e. The number of terminal acetylenes is 1. The molecule has 4 aliphatic rings. The number of aromatic nitrogens is 3. The number of nitrogen functional groups attached to an aromatic ring is 1. The van der Waals surface area contributed by atoms with Crippen molar-refractivity contribution < 1.29 is 26.7 Å². The lowest BCUT2D eigenvalue weighted by atomic mass is 9.95. The molecular weight excluding hydrogens is 603 g/mol. The van der Waals surface area contributed by atoms with E-state index in [9.17, 15) is 8.78 Å². The molecule has 12 heteroatoms. The Morgan fingerprint density at radius 3 is 2.78 bits per heavy atom. The maximum absolute atomic E-state index is 16.8. The third kappa shape index (κ3) is 4.38. The van der Waals surface area contributed by atoms with E-state index in [0.29, 0.717) is 37.6 Å². The summed E-state index contributed by atoms with van der Waals surface area (Å²) in [5, 5.41) is 0.884. The lowest BCUT2D eigenvalue weighted by Gasteiger charge is -2.31. The average Bonchev–Trinajstić information content (AvgIpc) is 3.28. The zero-order chi connectivity index (χ0) is 32.0. The van der Waals surface area contributed by atoms with Gasteiger partial charge in [-0.1, -0.05) is 18.4 Å². The number of ether oxygens (including phenoxy) is 1. The van der Waals surface area contributed by atoms with Crippen LogP contribution in [0.25, 0.3) is 32.9 Å². The molecule has 3 aliphatic heterocycles. The van der Waals surface area contributed by atoms with Crippen molar-refractivity contribution >= 4 is 33.2 Å². The van der Waals surface area contributed by atoms with Gasteiger partial charge in [-0.15, -0.1) is 6.42 Å². The molecule has 4 aromatic rings. The van der Waals surface area contributed by atoms with Crippen molar-refractivity contribution in [2.24, 2.45) is 5.92 Å². The van der Waals surface area contributed by atoms with E-state index >= 15 is 13.2 Å². The zero-order valence-electron chi connectivity index (χ0n) is 24.9. The van der Waals surface area contributed by atoms with Crippen molar-refractivity contribution in [3.8, 4) is 29.6 Å². The normalized spacial score (nSPS) is 27.0. The van der Waals surface area contributed by atoms with Crippen LogP contribution in [0.15, 0.2) is 30.5 Å². The van der Waals surface area contributed by atoms with Gasteiger partial charge in [0.1, 0.15) is 41.7 Å². The first kappa shape index (κ1) is 29.2. The molecule has 2 aromatic carbocycles. The fourth-order valence-electron chi connectivity index (χ4n) is 8.10. The standard InChI is InChI=1S/C34H31F5N6O/c1-2-21-25(36)8-7-18-12-20(40)13-22(26(18)21)28-27(37)29-23(15-41-28)31(45-11-4-3-6-24-30(45)34(24,38)39)43-32(42-29)46-17-33-9-5-10-44(33)16-19(35)14-33/h1,7-8,12-13,15,19,24,30H,3-6,9-11,14,16-17,40H2/t19-,24?,30?,33+/m1/s1. The number of hydrogen-bond donors (Lipinski definition) is 1. The maximum atomic E-state index is 16.8. The highest BCUT2D eigenvalue weighted by atomic mass is 19.3. The summed E-state index contributed by atoms with van der Waals surface area (Å²) in [5.74, 6) is -2.83. The monoisotopic (exact) mass is 634 g/mol. The second-order valence-electron chi connectivity index (χ2n) is 13.0. The average molecular weight is 635 g/mol. The molecule has 5 heterocycles. The van der Waals surface area contributed by atoms with Crippen LogP contribution in [0.4, 0.5) is 33.5 Å². The molecule has 3 saturated heterocycles. The summed E-state index contributed by atoms with van der Waals surface area (Å²) >= 11 is 0. The first-order chi connectivity index (χ1) is 22.1. The van der Waals surface area contributed by atoms with Gasteiger partial charge in [-0.05, 0) is 55.8 Å². The van der Waals surface area contributed by atoms with Crippen molar-refractivity contribution in [3.05, 3.63) is 47.7 Å². The number of halogens is 5. The number of nitrogens with two attached hydrogens (primary N) is 1. The second-order valence-corrected chi connectivity index (χ2v) is 13.0. The van der Waals surface area contributed by atoms with Gasteiger partial charge < -0.3 is 15.4 Å². The fraction of sp³-hybridized carbons (Fsp3) is 0.441. The lowest BCUT2D eigenvalue weighted by molar-refractivity contribution is 0.0887. The fourth-order valence-corrected chi connectivity index (χ4v) is 8.10. The highest BCUT2D eigenvalue weighted by molar-refractivity contribution is 6.03. The van der Waals surface area contributed by atoms with Gasteiger partial charge in [0.15, 0.2) is 5.82 Å². The number of benzene rings is 2. The Labute approximate surface area is 261 Å². The van der Waals surface area contributed by atoms with Gasteiger partial charge >= 0.3 is 6.01 Å². The van der Waals surface area contributed by atoms with Crippen LogP contribution in [0.1, 0.15) is 44.1 Å². The van der Waals surface area contributed by atoms with Gasteiger partial charge in [0.05, 0.1) is 22.4 Å². The number of nitrogens with zero attached hydrogens (tertiary/aromatic N) is 5. The summed E-state index contributed by atoms with van der Waals surface area (Å²) < 4.78 is 82.2. The number of fused-ring (bicyclic) bond motifs is 4. The van der Waals surface area contributed by atoms with Gasteiger partial charge in [-0.3, -0.25) is 9.88 Å². The molecule has 2 N–H and O–H groups in total. The molecule has 8 rings (SSSR count). The van der Waals surface area contributed by atoms with E-state index in [1.165, 1.54) is 29.3 Å². The number of alkyl halides is 3. The van der Waals surface area contributed by atoms with E-state index in [-0.39, 0.29) is 63.8 Å². The van der Waals surface area contributed by atoms with E-state index in [4.69, 9.17) is 16.9 Å². The maximum Gasteiger partial charge on any atom is 0.319 e. The quantitative estimate of drug-likeness (QED) is 0.158. The van der Waals surface area contributed by atoms with Crippen LogP contribution in [-0.2, 0) is 0 Å². The third-order valence-electron chi connectivity index (χ3n) is 10.3. The van der Waals surface area contributed by atoms with Crippen LogP contribution < -0.4 is 15.4 Å². The highest BCUT2D eigenvalue weighted by Gasteiger charge is 2.71. The van der Waals surface area contributed by atoms with E-state index in [1.807, 2.05) is 0 Å². The minimum Gasteiger partial charge on any atom is -0.461 e. The topological polar surface area (TPSA) is 80.4 Å². The summed E-state index contributed by atoms with van der Waals surface area (Å²) in [6, 6.07) is 4.50. The molecule has 2 aromatic heterocycles. The van der Waals surface area contributed by atoms with Crippen molar-refractivity contribution in [1.82, 2.24) is 19.9 Å². The summed E-state index contributed by atoms with van der Waals surface area (Å²) in [6.07, 6.45) is 9.63. The Kier molecular flexibility index (Phi) is 6.59. The van der Waals surface area contributed by atoms with E-state index in [2.05, 4.69) is 25.8 Å². The van der Waals surface area contributed by atoms with E-state index < -0.39 is 41.2 Å². The van der Waals surface area contributed by atoms with Crippen LogP contribution in [-0.4, -0.2) is 69.8 Å². The van der Waals surface area contributed by atoms with Crippen LogP contribution in [0.5, 0.6) is 6.01 Å². The van der Waals surface area contributed by atoms with Gasteiger partial charge in [0, 0.05) is 42.3 Å². The number of anilines is 2. The molecule has 0 spiro atoms. The molecule has 1 saturated carbocycles. The molecule has 7 nitrogen and oxygen atoms in total. The number of rotatable bonds is 5. The van der Waals surface area contributed by atoms with E-state index in [0.717, 1.165) is 19.4 Å².